The van der Waals surface area contributed by atoms with Crippen LogP contribution in [-0.2, 0) is 0 Å². The fourth-order valence-corrected chi connectivity index (χ4v) is 2.34. The van der Waals surface area contributed by atoms with E-state index in [4.69, 9.17) is 4.52 Å². The third-order valence-corrected chi connectivity index (χ3v) is 3.58. The van der Waals surface area contributed by atoms with Gasteiger partial charge in [-0.05, 0) is 43.2 Å². The van der Waals surface area contributed by atoms with Crippen molar-refractivity contribution in [3.8, 4) is 0 Å². The van der Waals surface area contributed by atoms with Crippen molar-refractivity contribution in [2.75, 3.05) is 0 Å². The van der Waals surface area contributed by atoms with Crippen molar-refractivity contribution in [1.82, 2.24) is 14.7 Å². The van der Waals surface area contributed by atoms with Crippen molar-refractivity contribution in [1.29, 1.82) is 0 Å². The number of hydrogen-bond acceptors (Lipinski definition) is 4. The van der Waals surface area contributed by atoms with Crippen molar-refractivity contribution in [2.24, 2.45) is 0 Å². The number of aromatic nitrogens is 3. The Labute approximate surface area is 128 Å². The standard InChI is InChI=1S/C17H17N3O2/c1-11(15-6-7-22-19-15)8-12(2)20-10-18-16-9-14(13(3)21)4-5-17(16)20/h4-10,13,21H,1H2,2-3H3/b12-8+. The molecule has 0 fully saturated rings. The number of aliphatic hydroxyl groups excluding tert-OH is 1. The van der Waals surface area contributed by atoms with Crippen LogP contribution in [0.2, 0.25) is 0 Å². The van der Waals surface area contributed by atoms with Crippen LogP contribution >= 0.6 is 0 Å². The summed E-state index contributed by atoms with van der Waals surface area (Å²) in [6.45, 7) is 7.72. The zero-order valence-corrected chi connectivity index (χ0v) is 12.5. The van der Waals surface area contributed by atoms with Gasteiger partial charge >= 0.3 is 0 Å². The number of nitrogens with zero attached hydrogens (tertiary/aromatic N) is 3. The van der Waals surface area contributed by atoms with Crippen LogP contribution in [0.25, 0.3) is 22.3 Å². The van der Waals surface area contributed by atoms with E-state index in [9.17, 15) is 5.11 Å². The second-order valence-corrected chi connectivity index (χ2v) is 5.23. The number of allylic oxidation sites excluding steroid dienone is 3. The van der Waals surface area contributed by atoms with Gasteiger partial charge < -0.3 is 14.2 Å². The second kappa shape index (κ2) is 5.61. The lowest BCUT2D eigenvalue weighted by Gasteiger charge is -2.07. The van der Waals surface area contributed by atoms with Crippen molar-refractivity contribution >= 4 is 22.3 Å². The highest BCUT2D eigenvalue weighted by Gasteiger charge is 2.08. The number of hydrogen-bond donors (Lipinski definition) is 1. The van der Waals surface area contributed by atoms with Crippen molar-refractivity contribution in [3.05, 3.63) is 60.8 Å². The first-order valence-corrected chi connectivity index (χ1v) is 6.99. The molecule has 5 heteroatoms. The molecule has 1 atom stereocenters. The van der Waals surface area contributed by atoms with Crippen LogP contribution in [0.1, 0.15) is 31.2 Å². The van der Waals surface area contributed by atoms with Crippen LogP contribution in [0, 0.1) is 0 Å². The summed E-state index contributed by atoms with van der Waals surface area (Å²) in [4.78, 5) is 4.40. The quantitative estimate of drug-likeness (QED) is 0.746. The van der Waals surface area contributed by atoms with Gasteiger partial charge in [-0.3, -0.25) is 0 Å². The molecular weight excluding hydrogens is 278 g/mol. The molecule has 5 nitrogen and oxygen atoms in total. The predicted octanol–water partition coefficient (Wildman–Crippen LogP) is 3.65. The minimum Gasteiger partial charge on any atom is -0.389 e. The first-order valence-electron chi connectivity index (χ1n) is 6.99. The summed E-state index contributed by atoms with van der Waals surface area (Å²) in [6, 6.07) is 7.54. The molecule has 2 heterocycles. The van der Waals surface area contributed by atoms with E-state index in [2.05, 4.69) is 16.7 Å². The Balaban J connectivity index is 1.97. The van der Waals surface area contributed by atoms with E-state index in [0.29, 0.717) is 5.69 Å². The fourth-order valence-electron chi connectivity index (χ4n) is 2.34. The molecule has 3 aromatic rings. The van der Waals surface area contributed by atoms with Crippen molar-refractivity contribution in [3.63, 3.8) is 0 Å². The topological polar surface area (TPSA) is 64.1 Å². The van der Waals surface area contributed by atoms with Gasteiger partial charge in [0.1, 0.15) is 18.3 Å². The Morgan fingerprint density at radius 2 is 2.23 bits per heavy atom. The Hall–Kier alpha value is -2.66. The number of benzene rings is 1. The predicted molar refractivity (Wildman–Crippen MR) is 85.9 cm³/mol. The van der Waals surface area contributed by atoms with Crippen molar-refractivity contribution in [2.45, 2.75) is 20.0 Å². The molecule has 0 aliphatic heterocycles. The van der Waals surface area contributed by atoms with Gasteiger partial charge in [0.15, 0.2) is 0 Å². The van der Waals surface area contributed by atoms with Gasteiger partial charge in [-0.2, -0.15) is 0 Å². The molecule has 0 spiro atoms. The zero-order chi connectivity index (χ0) is 15.7. The van der Waals surface area contributed by atoms with Gasteiger partial charge in [0.05, 0.1) is 17.1 Å². The number of rotatable bonds is 4. The van der Waals surface area contributed by atoms with Gasteiger partial charge in [-0.1, -0.05) is 17.8 Å². The average molecular weight is 295 g/mol. The van der Waals surface area contributed by atoms with Gasteiger partial charge in [-0.25, -0.2) is 4.98 Å². The monoisotopic (exact) mass is 295 g/mol. The molecule has 0 radical (unpaired) electrons. The smallest absolute Gasteiger partial charge is 0.124 e. The highest BCUT2D eigenvalue weighted by atomic mass is 16.5. The molecular formula is C17H17N3O2. The summed E-state index contributed by atoms with van der Waals surface area (Å²) in [5.74, 6) is 0. The largest absolute Gasteiger partial charge is 0.389 e. The minimum absolute atomic E-state index is 0.502. The molecule has 0 aliphatic carbocycles. The van der Waals surface area contributed by atoms with Crippen LogP contribution < -0.4 is 0 Å². The lowest BCUT2D eigenvalue weighted by molar-refractivity contribution is 0.199. The second-order valence-electron chi connectivity index (χ2n) is 5.23. The van der Waals surface area contributed by atoms with Crippen LogP contribution in [0.4, 0.5) is 0 Å². The number of fused-ring (bicyclic) bond motifs is 1. The van der Waals surface area contributed by atoms with Crippen LogP contribution in [0.3, 0.4) is 0 Å². The summed E-state index contributed by atoms with van der Waals surface area (Å²) in [5, 5.41) is 13.5. The van der Waals surface area contributed by atoms with E-state index >= 15 is 0 Å². The Morgan fingerprint density at radius 3 is 2.91 bits per heavy atom. The lowest BCUT2D eigenvalue weighted by atomic mass is 10.1. The molecule has 0 saturated heterocycles. The van der Waals surface area contributed by atoms with Crippen LogP contribution in [0.5, 0.6) is 0 Å². The summed E-state index contributed by atoms with van der Waals surface area (Å²) in [5.41, 5.74) is 5.13. The average Bonchev–Trinajstić information content (AvgIpc) is 3.15. The molecule has 1 N–H and O–H groups in total. The molecule has 3 rings (SSSR count). The first-order chi connectivity index (χ1) is 10.6. The molecule has 1 aromatic carbocycles. The number of imidazole rings is 1. The van der Waals surface area contributed by atoms with Gasteiger partial charge in [-0.15, -0.1) is 0 Å². The maximum atomic E-state index is 9.65. The van der Waals surface area contributed by atoms with Gasteiger partial charge in [0.25, 0.3) is 0 Å². The summed E-state index contributed by atoms with van der Waals surface area (Å²) in [7, 11) is 0. The minimum atomic E-state index is -0.502. The molecule has 0 amide bonds. The molecule has 0 aliphatic rings. The molecule has 2 aromatic heterocycles. The normalized spacial score (nSPS) is 13.5. The van der Waals surface area contributed by atoms with E-state index in [1.165, 1.54) is 6.26 Å². The van der Waals surface area contributed by atoms with Gasteiger partial charge in [0, 0.05) is 11.8 Å². The van der Waals surface area contributed by atoms with E-state index in [1.807, 2.05) is 35.8 Å². The highest BCUT2D eigenvalue weighted by molar-refractivity contribution is 5.82. The summed E-state index contributed by atoms with van der Waals surface area (Å²) >= 11 is 0. The molecule has 0 saturated carbocycles. The maximum Gasteiger partial charge on any atom is 0.124 e. The van der Waals surface area contributed by atoms with Gasteiger partial charge in [0.2, 0.25) is 0 Å². The van der Waals surface area contributed by atoms with E-state index in [0.717, 1.165) is 27.9 Å². The van der Waals surface area contributed by atoms with Crippen molar-refractivity contribution < 1.29 is 9.63 Å². The molecule has 112 valence electrons. The fraction of sp³-hybridized carbons (Fsp3) is 0.176. The lowest BCUT2D eigenvalue weighted by Crippen LogP contribution is -1.94. The van der Waals surface area contributed by atoms with Crippen LogP contribution in [0.15, 0.2) is 54.0 Å². The first kappa shape index (κ1) is 14.3. The number of aliphatic hydroxyl groups is 1. The Kier molecular flexibility index (Phi) is 3.65. The zero-order valence-electron chi connectivity index (χ0n) is 12.5. The van der Waals surface area contributed by atoms with E-state index in [-0.39, 0.29) is 0 Å². The third-order valence-electron chi connectivity index (χ3n) is 3.58. The van der Waals surface area contributed by atoms with E-state index < -0.39 is 6.10 Å². The third kappa shape index (κ3) is 2.58. The Bertz CT molecular complexity index is 842. The SMILES string of the molecule is C=C(/C=C(\C)n1cnc2cc(C(C)O)ccc21)c1ccon1. The maximum absolute atomic E-state index is 9.65. The molecule has 1 unspecified atom stereocenters. The summed E-state index contributed by atoms with van der Waals surface area (Å²) in [6.07, 6.45) is 4.71. The Morgan fingerprint density at radius 1 is 1.41 bits per heavy atom. The van der Waals surface area contributed by atoms with Crippen LogP contribution in [-0.4, -0.2) is 19.8 Å². The molecule has 22 heavy (non-hydrogen) atoms. The molecule has 0 bridgehead atoms. The van der Waals surface area contributed by atoms with E-state index in [1.54, 1.807) is 19.3 Å². The summed E-state index contributed by atoms with van der Waals surface area (Å²) < 4.78 is 6.81. The highest BCUT2D eigenvalue weighted by Crippen LogP contribution is 2.23.